The lowest BCUT2D eigenvalue weighted by Gasteiger charge is -2.36. The summed E-state index contributed by atoms with van der Waals surface area (Å²) in [6.45, 7) is 13.3. The van der Waals surface area contributed by atoms with Crippen LogP contribution in [-0.4, -0.2) is 13.4 Å². The Kier molecular flexibility index (Phi) is 5.82. The van der Waals surface area contributed by atoms with E-state index in [1.807, 2.05) is 37.3 Å². The van der Waals surface area contributed by atoms with Gasteiger partial charge in [0.2, 0.25) is 11.2 Å². The minimum atomic E-state index is -1.96. The van der Waals surface area contributed by atoms with E-state index < -0.39 is 13.7 Å². The predicted molar refractivity (Wildman–Crippen MR) is 124 cm³/mol. The number of aromatic hydroxyl groups is 1. The van der Waals surface area contributed by atoms with Gasteiger partial charge in [-0.3, -0.25) is 4.79 Å². The largest absolute Gasteiger partial charge is 0.502 e. The quantitative estimate of drug-likeness (QED) is 0.424. The highest BCUT2D eigenvalue weighted by molar-refractivity contribution is 9.10. The highest BCUT2D eigenvalue weighted by Crippen LogP contribution is 2.39. The molecule has 0 spiro atoms. The third-order valence-electron chi connectivity index (χ3n) is 5.72. The Morgan fingerprint density at radius 1 is 1.17 bits per heavy atom. The summed E-state index contributed by atoms with van der Waals surface area (Å²) < 4.78 is 13.1. The van der Waals surface area contributed by atoms with E-state index in [0.717, 1.165) is 11.1 Å². The van der Waals surface area contributed by atoms with Crippen LogP contribution >= 0.6 is 15.9 Å². The lowest BCUT2D eigenvalue weighted by atomic mass is 10.0. The number of hydrogen-bond donors (Lipinski definition) is 1. The molecule has 0 radical (unpaired) electrons. The second kappa shape index (κ2) is 7.74. The topological polar surface area (TPSA) is 59.7 Å². The fourth-order valence-corrected chi connectivity index (χ4v) is 4.51. The molecule has 3 aromatic rings. The summed E-state index contributed by atoms with van der Waals surface area (Å²) in [7, 11) is -1.96. The van der Waals surface area contributed by atoms with Gasteiger partial charge >= 0.3 is 0 Å². The van der Waals surface area contributed by atoms with E-state index in [9.17, 15) is 9.90 Å². The molecule has 4 nitrogen and oxygen atoms in total. The molecule has 0 saturated carbocycles. The third-order valence-corrected chi connectivity index (χ3v) is 10.8. The van der Waals surface area contributed by atoms with E-state index in [1.165, 1.54) is 0 Å². The molecule has 2 aromatic carbocycles. The third kappa shape index (κ3) is 4.20. The van der Waals surface area contributed by atoms with Crippen LogP contribution in [0.1, 0.15) is 31.9 Å². The highest BCUT2D eigenvalue weighted by Gasteiger charge is 2.37. The van der Waals surface area contributed by atoms with Crippen molar-refractivity contribution in [3.63, 3.8) is 0 Å². The van der Waals surface area contributed by atoms with Crippen molar-refractivity contribution in [1.82, 2.24) is 0 Å². The molecule has 0 bridgehead atoms. The number of fused-ring (bicyclic) bond motifs is 1. The molecule has 0 amide bonds. The number of aryl methyl sites for hydroxylation is 1. The van der Waals surface area contributed by atoms with Crippen LogP contribution in [-0.2, 0) is 11.0 Å². The zero-order valence-electron chi connectivity index (χ0n) is 17.7. The van der Waals surface area contributed by atoms with Gasteiger partial charge in [-0.1, -0.05) is 45.0 Å². The number of hydrogen-bond acceptors (Lipinski definition) is 4. The van der Waals surface area contributed by atoms with Gasteiger partial charge in [-0.15, -0.1) is 0 Å². The second-order valence-electron chi connectivity index (χ2n) is 8.94. The molecule has 1 N–H and O–H groups in total. The van der Waals surface area contributed by atoms with Crippen molar-refractivity contribution < 1.29 is 13.9 Å². The maximum absolute atomic E-state index is 12.8. The number of benzene rings is 2. The molecule has 29 heavy (non-hydrogen) atoms. The monoisotopic (exact) mass is 474 g/mol. The van der Waals surface area contributed by atoms with E-state index >= 15 is 0 Å². The molecule has 1 heterocycles. The summed E-state index contributed by atoms with van der Waals surface area (Å²) in [4.78, 5) is 12.8. The number of rotatable bonds is 4. The number of halogens is 1. The van der Waals surface area contributed by atoms with Crippen LogP contribution in [0.25, 0.3) is 22.3 Å². The van der Waals surface area contributed by atoms with Crippen LogP contribution in [0.5, 0.6) is 5.75 Å². The van der Waals surface area contributed by atoms with E-state index in [2.05, 4.69) is 49.8 Å². The molecule has 0 fully saturated rings. The van der Waals surface area contributed by atoms with E-state index in [-0.39, 0.29) is 16.5 Å². The molecule has 0 aliphatic heterocycles. The Labute approximate surface area is 180 Å². The predicted octanol–water partition coefficient (Wildman–Crippen LogP) is 6.76. The van der Waals surface area contributed by atoms with Crippen LogP contribution in [0.15, 0.2) is 50.1 Å². The summed E-state index contributed by atoms with van der Waals surface area (Å²) in [5.41, 5.74) is 2.43. The standard InChI is InChI=1S/C23H27BrO4Si/c1-14-11-17-19(25)20(26)22(28-21(17)18(24)12-14)16-10-8-7-9-15(16)13-27-29(5,6)23(2,3)4/h7-12,26H,13H2,1-6H3. The van der Waals surface area contributed by atoms with Crippen molar-refractivity contribution in [3.8, 4) is 17.1 Å². The van der Waals surface area contributed by atoms with Crippen LogP contribution in [0.3, 0.4) is 0 Å². The van der Waals surface area contributed by atoms with Gasteiger partial charge in [0, 0.05) is 5.56 Å². The Morgan fingerprint density at radius 2 is 1.83 bits per heavy atom. The lowest BCUT2D eigenvalue weighted by molar-refractivity contribution is 0.276. The summed E-state index contributed by atoms with van der Waals surface area (Å²) in [6, 6.07) is 11.2. The van der Waals surface area contributed by atoms with Gasteiger partial charge in [-0.2, -0.15) is 0 Å². The molecule has 0 aliphatic rings. The first-order chi connectivity index (χ1) is 13.4. The Hall–Kier alpha value is -1.89. The molecule has 0 aliphatic carbocycles. The average Bonchev–Trinajstić information content (AvgIpc) is 2.63. The van der Waals surface area contributed by atoms with Crippen molar-refractivity contribution in [2.75, 3.05) is 0 Å². The maximum atomic E-state index is 12.8. The van der Waals surface area contributed by atoms with Crippen LogP contribution < -0.4 is 5.43 Å². The van der Waals surface area contributed by atoms with Crippen LogP contribution in [0.4, 0.5) is 0 Å². The fourth-order valence-electron chi connectivity index (χ4n) is 2.91. The smallest absolute Gasteiger partial charge is 0.235 e. The lowest BCUT2D eigenvalue weighted by Crippen LogP contribution is -2.40. The van der Waals surface area contributed by atoms with Gasteiger partial charge in [-0.05, 0) is 64.2 Å². The van der Waals surface area contributed by atoms with Crippen LogP contribution in [0, 0.1) is 6.92 Å². The molecule has 154 valence electrons. The minimum Gasteiger partial charge on any atom is -0.502 e. The van der Waals surface area contributed by atoms with Gasteiger partial charge in [0.05, 0.1) is 16.5 Å². The molecule has 0 saturated heterocycles. The van der Waals surface area contributed by atoms with E-state index in [4.69, 9.17) is 8.84 Å². The molecular formula is C23H27BrO4Si. The maximum Gasteiger partial charge on any atom is 0.235 e. The van der Waals surface area contributed by atoms with E-state index in [0.29, 0.717) is 27.6 Å². The van der Waals surface area contributed by atoms with Gasteiger partial charge in [0.25, 0.3) is 0 Å². The zero-order chi connectivity index (χ0) is 21.6. The Bertz CT molecular complexity index is 1130. The minimum absolute atomic E-state index is 0.0856. The van der Waals surface area contributed by atoms with Crippen molar-refractivity contribution in [2.45, 2.75) is 52.4 Å². The molecule has 0 unspecified atom stereocenters. The summed E-state index contributed by atoms with van der Waals surface area (Å²) in [6.07, 6.45) is 0. The first-order valence-electron chi connectivity index (χ1n) is 9.60. The normalized spacial score (nSPS) is 12.5. The fraction of sp³-hybridized carbons (Fsp3) is 0.348. The van der Waals surface area contributed by atoms with Gasteiger partial charge < -0.3 is 13.9 Å². The highest BCUT2D eigenvalue weighted by atomic mass is 79.9. The SMILES string of the molecule is Cc1cc(Br)c2oc(-c3ccccc3CO[Si](C)(C)C(C)(C)C)c(O)c(=O)c2c1. The van der Waals surface area contributed by atoms with Gasteiger partial charge in [-0.25, -0.2) is 0 Å². The molecule has 0 atom stereocenters. The van der Waals surface area contributed by atoms with Crippen molar-refractivity contribution in [3.05, 3.63) is 62.2 Å². The van der Waals surface area contributed by atoms with Gasteiger partial charge in [0.1, 0.15) is 0 Å². The molecule has 3 rings (SSSR count). The van der Waals surface area contributed by atoms with E-state index in [1.54, 1.807) is 6.07 Å². The first kappa shape index (κ1) is 21.8. The molecule has 6 heteroatoms. The van der Waals surface area contributed by atoms with Crippen molar-refractivity contribution >= 4 is 35.2 Å². The molecule has 1 aromatic heterocycles. The Morgan fingerprint density at radius 3 is 2.48 bits per heavy atom. The van der Waals surface area contributed by atoms with Gasteiger partial charge in [0.15, 0.2) is 19.7 Å². The Balaban J connectivity index is 2.12. The molecular weight excluding hydrogens is 448 g/mol. The summed E-state index contributed by atoms with van der Waals surface area (Å²) >= 11 is 3.48. The summed E-state index contributed by atoms with van der Waals surface area (Å²) in [5, 5.41) is 11.1. The average molecular weight is 475 g/mol. The first-order valence-corrected chi connectivity index (χ1v) is 13.3. The van der Waals surface area contributed by atoms with Crippen molar-refractivity contribution in [2.24, 2.45) is 0 Å². The second-order valence-corrected chi connectivity index (χ2v) is 14.6. The van der Waals surface area contributed by atoms with Crippen molar-refractivity contribution in [1.29, 1.82) is 0 Å². The van der Waals surface area contributed by atoms with Crippen LogP contribution in [0.2, 0.25) is 18.1 Å². The zero-order valence-corrected chi connectivity index (χ0v) is 20.3. The summed E-state index contributed by atoms with van der Waals surface area (Å²) in [5.74, 6) is -0.212.